The van der Waals surface area contributed by atoms with Crippen molar-refractivity contribution in [3.63, 3.8) is 0 Å². The largest absolute Gasteiger partial charge is 0.506 e. The standard InChI is InChI=1S/C15H20ClNO3/c1-10(4-6-12-3-2-8-20-12)17-15(19)11-5-7-14(18)13(16)9-11/h5,7,9-10,12,18H,2-4,6,8H2,1H3,(H,17,19)/t10-,12+/m1/s1. The van der Waals surface area contributed by atoms with Crippen LogP contribution < -0.4 is 5.32 Å². The summed E-state index contributed by atoms with van der Waals surface area (Å²) in [5.41, 5.74) is 0.455. The van der Waals surface area contributed by atoms with E-state index >= 15 is 0 Å². The van der Waals surface area contributed by atoms with E-state index in [4.69, 9.17) is 16.3 Å². The zero-order valence-corrected chi connectivity index (χ0v) is 12.3. The molecule has 0 aliphatic carbocycles. The number of carbonyl (C=O) groups is 1. The lowest BCUT2D eigenvalue weighted by atomic mass is 10.1. The fourth-order valence-electron chi connectivity index (χ4n) is 2.34. The summed E-state index contributed by atoms with van der Waals surface area (Å²) in [6.45, 7) is 2.84. The third-order valence-corrected chi connectivity index (χ3v) is 3.84. The van der Waals surface area contributed by atoms with Gasteiger partial charge in [0.25, 0.3) is 5.91 Å². The minimum Gasteiger partial charge on any atom is -0.506 e. The highest BCUT2D eigenvalue weighted by atomic mass is 35.5. The van der Waals surface area contributed by atoms with Crippen LogP contribution in [0.2, 0.25) is 5.02 Å². The molecule has 1 aromatic rings. The summed E-state index contributed by atoms with van der Waals surface area (Å²) in [4.78, 5) is 12.0. The summed E-state index contributed by atoms with van der Waals surface area (Å²) in [7, 11) is 0. The Bertz CT molecular complexity index is 472. The van der Waals surface area contributed by atoms with Gasteiger partial charge in [-0.05, 0) is 50.8 Å². The molecule has 4 nitrogen and oxygen atoms in total. The molecule has 1 aromatic carbocycles. The van der Waals surface area contributed by atoms with Crippen LogP contribution >= 0.6 is 11.6 Å². The Morgan fingerprint density at radius 1 is 1.60 bits per heavy atom. The molecule has 5 heteroatoms. The van der Waals surface area contributed by atoms with Crippen molar-refractivity contribution in [3.05, 3.63) is 28.8 Å². The van der Waals surface area contributed by atoms with Crippen LogP contribution in [0.25, 0.3) is 0 Å². The van der Waals surface area contributed by atoms with Crippen molar-refractivity contribution in [2.24, 2.45) is 0 Å². The molecule has 0 saturated carbocycles. The Morgan fingerprint density at radius 3 is 3.05 bits per heavy atom. The second-order valence-electron chi connectivity index (χ2n) is 5.25. The summed E-state index contributed by atoms with van der Waals surface area (Å²) < 4.78 is 5.56. The lowest BCUT2D eigenvalue weighted by Crippen LogP contribution is -2.33. The lowest BCUT2D eigenvalue weighted by Gasteiger charge is -2.16. The predicted octanol–water partition coefficient (Wildman–Crippen LogP) is 3.12. The first-order chi connectivity index (χ1) is 9.56. The maximum absolute atomic E-state index is 12.0. The summed E-state index contributed by atoms with van der Waals surface area (Å²) in [6, 6.07) is 4.54. The number of phenolic OH excluding ortho intramolecular Hbond substituents is 1. The quantitative estimate of drug-likeness (QED) is 0.878. The van der Waals surface area contributed by atoms with Crippen molar-refractivity contribution >= 4 is 17.5 Å². The molecule has 0 bridgehead atoms. The Kier molecular flexibility index (Phi) is 5.26. The number of amides is 1. The van der Waals surface area contributed by atoms with E-state index in [2.05, 4.69) is 5.32 Å². The molecule has 2 N–H and O–H groups in total. The maximum Gasteiger partial charge on any atom is 0.251 e. The van der Waals surface area contributed by atoms with Crippen molar-refractivity contribution in [1.82, 2.24) is 5.32 Å². The van der Waals surface area contributed by atoms with Crippen LogP contribution in [0.4, 0.5) is 0 Å². The molecular formula is C15H20ClNO3. The predicted molar refractivity (Wildman–Crippen MR) is 78.3 cm³/mol. The molecule has 0 unspecified atom stereocenters. The lowest BCUT2D eigenvalue weighted by molar-refractivity contribution is 0.0899. The van der Waals surface area contributed by atoms with E-state index in [0.29, 0.717) is 11.7 Å². The van der Waals surface area contributed by atoms with E-state index < -0.39 is 0 Å². The van der Waals surface area contributed by atoms with Crippen LogP contribution in [0, 0.1) is 0 Å². The number of carbonyl (C=O) groups excluding carboxylic acids is 1. The molecule has 20 heavy (non-hydrogen) atoms. The van der Waals surface area contributed by atoms with Gasteiger partial charge in [0.1, 0.15) is 5.75 Å². The molecule has 0 spiro atoms. The Morgan fingerprint density at radius 2 is 2.40 bits per heavy atom. The third kappa shape index (κ3) is 4.12. The molecule has 2 rings (SSSR count). The van der Waals surface area contributed by atoms with Gasteiger partial charge in [-0.1, -0.05) is 11.6 Å². The smallest absolute Gasteiger partial charge is 0.251 e. The van der Waals surface area contributed by atoms with Crippen LogP contribution in [-0.2, 0) is 4.74 Å². The number of benzene rings is 1. The number of halogens is 1. The molecule has 0 radical (unpaired) electrons. The number of nitrogens with one attached hydrogen (secondary N) is 1. The van der Waals surface area contributed by atoms with E-state index in [-0.39, 0.29) is 22.7 Å². The normalized spacial score (nSPS) is 19.8. The number of rotatable bonds is 5. The van der Waals surface area contributed by atoms with Gasteiger partial charge < -0.3 is 15.2 Å². The molecule has 110 valence electrons. The molecule has 1 amide bonds. The van der Waals surface area contributed by atoms with Gasteiger partial charge >= 0.3 is 0 Å². The Labute approximate surface area is 124 Å². The molecular weight excluding hydrogens is 278 g/mol. The highest BCUT2D eigenvalue weighted by Crippen LogP contribution is 2.23. The fourth-order valence-corrected chi connectivity index (χ4v) is 2.52. The van der Waals surface area contributed by atoms with E-state index in [1.807, 2.05) is 6.92 Å². The SMILES string of the molecule is C[C@H](CC[C@@H]1CCCO1)NC(=O)c1ccc(O)c(Cl)c1. The fraction of sp³-hybridized carbons (Fsp3) is 0.533. The monoisotopic (exact) mass is 297 g/mol. The second-order valence-corrected chi connectivity index (χ2v) is 5.66. The third-order valence-electron chi connectivity index (χ3n) is 3.53. The zero-order valence-electron chi connectivity index (χ0n) is 11.6. The maximum atomic E-state index is 12.0. The van der Waals surface area contributed by atoms with E-state index in [1.54, 1.807) is 6.07 Å². The first kappa shape index (κ1) is 15.1. The molecule has 0 aromatic heterocycles. The van der Waals surface area contributed by atoms with Gasteiger partial charge in [0.15, 0.2) is 0 Å². The Balaban J connectivity index is 1.81. The van der Waals surface area contributed by atoms with E-state index in [1.165, 1.54) is 12.1 Å². The first-order valence-electron chi connectivity index (χ1n) is 6.97. The minimum absolute atomic E-state index is 0.0188. The summed E-state index contributed by atoms with van der Waals surface area (Å²) >= 11 is 5.80. The number of hydrogen-bond acceptors (Lipinski definition) is 3. The van der Waals surface area contributed by atoms with Crippen molar-refractivity contribution in [1.29, 1.82) is 0 Å². The average Bonchev–Trinajstić information content (AvgIpc) is 2.92. The van der Waals surface area contributed by atoms with Crippen LogP contribution in [-0.4, -0.2) is 29.8 Å². The minimum atomic E-state index is -0.174. The van der Waals surface area contributed by atoms with Crippen LogP contribution in [0.5, 0.6) is 5.75 Å². The number of hydrogen-bond donors (Lipinski definition) is 2. The van der Waals surface area contributed by atoms with Crippen LogP contribution in [0.15, 0.2) is 18.2 Å². The van der Waals surface area contributed by atoms with Crippen molar-refractivity contribution in [2.45, 2.75) is 44.8 Å². The molecule has 1 fully saturated rings. The van der Waals surface area contributed by atoms with Gasteiger partial charge in [0, 0.05) is 18.2 Å². The summed E-state index contributed by atoms with van der Waals surface area (Å²) in [5, 5.41) is 12.5. The molecule has 1 heterocycles. The van der Waals surface area contributed by atoms with Gasteiger partial charge in [-0.2, -0.15) is 0 Å². The molecule has 2 atom stereocenters. The first-order valence-corrected chi connectivity index (χ1v) is 7.35. The molecule has 1 aliphatic rings. The van der Waals surface area contributed by atoms with Crippen molar-refractivity contribution in [3.8, 4) is 5.75 Å². The van der Waals surface area contributed by atoms with Gasteiger partial charge in [-0.15, -0.1) is 0 Å². The van der Waals surface area contributed by atoms with Crippen molar-refractivity contribution in [2.75, 3.05) is 6.61 Å². The average molecular weight is 298 g/mol. The number of phenols is 1. The van der Waals surface area contributed by atoms with E-state index in [0.717, 1.165) is 32.3 Å². The molecule has 1 aliphatic heterocycles. The highest BCUT2D eigenvalue weighted by molar-refractivity contribution is 6.32. The van der Waals surface area contributed by atoms with Crippen LogP contribution in [0.3, 0.4) is 0 Å². The van der Waals surface area contributed by atoms with Gasteiger partial charge in [-0.3, -0.25) is 4.79 Å². The van der Waals surface area contributed by atoms with Gasteiger partial charge in [-0.25, -0.2) is 0 Å². The second kappa shape index (κ2) is 6.95. The highest BCUT2D eigenvalue weighted by Gasteiger charge is 2.17. The zero-order chi connectivity index (χ0) is 14.5. The van der Waals surface area contributed by atoms with Crippen molar-refractivity contribution < 1.29 is 14.6 Å². The van der Waals surface area contributed by atoms with Gasteiger partial charge in [0.2, 0.25) is 0 Å². The summed E-state index contributed by atoms with van der Waals surface area (Å²) in [5.74, 6) is -0.193. The Hall–Kier alpha value is -1.26. The molecule has 1 saturated heterocycles. The summed E-state index contributed by atoms with van der Waals surface area (Å²) in [6.07, 6.45) is 4.46. The number of aromatic hydroxyl groups is 1. The topological polar surface area (TPSA) is 58.6 Å². The number of ether oxygens (including phenoxy) is 1. The van der Waals surface area contributed by atoms with Crippen LogP contribution in [0.1, 0.15) is 43.0 Å². The van der Waals surface area contributed by atoms with Gasteiger partial charge in [0.05, 0.1) is 11.1 Å². The van der Waals surface area contributed by atoms with E-state index in [9.17, 15) is 9.90 Å².